The molecule has 0 saturated heterocycles. The number of carboxylic acid groups (broad SMARTS) is 1. The molecular formula is C9H4BrF2N3O2. The molecule has 1 aromatic heterocycles. The fourth-order valence-corrected chi connectivity index (χ4v) is 1.63. The van der Waals surface area contributed by atoms with Crippen LogP contribution in [0, 0.1) is 11.6 Å². The third kappa shape index (κ3) is 2.16. The molecule has 0 aliphatic heterocycles. The molecule has 2 rings (SSSR count). The number of hydrogen-bond acceptors (Lipinski definition) is 3. The minimum Gasteiger partial charge on any atom is -0.476 e. The first-order valence-electron chi connectivity index (χ1n) is 4.29. The van der Waals surface area contributed by atoms with E-state index >= 15 is 0 Å². The highest BCUT2D eigenvalue weighted by atomic mass is 79.9. The lowest BCUT2D eigenvalue weighted by atomic mass is 10.3. The molecule has 0 atom stereocenters. The summed E-state index contributed by atoms with van der Waals surface area (Å²) < 4.78 is 28.0. The van der Waals surface area contributed by atoms with Crippen molar-refractivity contribution >= 4 is 21.9 Å². The van der Waals surface area contributed by atoms with Gasteiger partial charge in [-0.2, -0.15) is 0 Å². The highest BCUT2D eigenvalue weighted by Gasteiger charge is 2.16. The minimum absolute atomic E-state index is 0.231. The third-order valence-electron chi connectivity index (χ3n) is 1.92. The maximum absolute atomic E-state index is 13.5. The Hall–Kier alpha value is -1.83. The standard InChI is InChI=1S/C9H4BrF2N3O2/c10-4-1-5(11)8(6(12)2-4)15-3-7(9(16)17)13-14-15/h1-3H,(H,16,17). The Morgan fingerprint density at radius 1 is 1.35 bits per heavy atom. The summed E-state index contributed by atoms with van der Waals surface area (Å²) in [5.74, 6) is -3.08. The van der Waals surface area contributed by atoms with Gasteiger partial charge in [-0.3, -0.25) is 0 Å². The summed E-state index contributed by atoms with van der Waals surface area (Å²) in [6, 6.07) is 2.08. The Balaban J connectivity index is 2.56. The number of halogens is 3. The van der Waals surface area contributed by atoms with Gasteiger partial charge in [-0.15, -0.1) is 5.10 Å². The molecular weight excluding hydrogens is 300 g/mol. The van der Waals surface area contributed by atoms with Crippen LogP contribution in [-0.4, -0.2) is 26.1 Å². The van der Waals surface area contributed by atoms with Gasteiger partial charge in [0.15, 0.2) is 17.3 Å². The molecule has 2 aromatic rings. The highest BCUT2D eigenvalue weighted by Crippen LogP contribution is 2.22. The van der Waals surface area contributed by atoms with Gasteiger partial charge in [-0.05, 0) is 12.1 Å². The van der Waals surface area contributed by atoms with Crippen LogP contribution in [0.25, 0.3) is 5.69 Å². The molecule has 0 unspecified atom stereocenters. The molecule has 0 bridgehead atoms. The average Bonchev–Trinajstić information content (AvgIpc) is 2.65. The van der Waals surface area contributed by atoms with Crippen LogP contribution in [0.3, 0.4) is 0 Å². The molecule has 0 amide bonds. The Morgan fingerprint density at radius 2 is 1.94 bits per heavy atom. The van der Waals surface area contributed by atoms with E-state index in [0.717, 1.165) is 23.0 Å². The van der Waals surface area contributed by atoms with Crippen LogP contribution in [0.1, 0.15) is 10.5 Å². The van der Waals surface area contributed by atoms with Gasteiger partial charge < -0.3 is 5.11 Å². The maximum Gasteiger partial charge on any atom is 0.358 e. The van der Waals surface area contributed by atoms with Gasteiger partial charge in [0, 0.05) is 4.47 Å². The monoisotopic (exact) mass is 303 g/mol. The number of aromatic nitrogens is 3. The summed E-state index contributed by atoms with van der Waals surface area (Å²) in [5.41, 5.74) is -0.875. The smallest absolute Gasteiger partial charge is 0.358 e. The maximum atomic E-state index is 13.5. The molecule has 0 aliphatic rings. The van der Waals surface area contributed by atoms with Crippen LogP contribution in [0.2, 0.25) is 0 Å². The summed E-state index contributed by atoms with van der Waals surface area (Å²) in [4.78, 5) is 10.6. The Morgan fingerprint density at radius 3 is 2.41 bits per heavy atom. The average molecular weight is 304 g/mol. The number of aromatic carboxylic acids is 1. The van der Waals surface area contributed by atoms with E-state index in [2.05, 4.69) is 26.2 Å². The fourth-order valence-electron chi connectivity index (χ4n) is 1.22. The highest BCUT2D eigenvalue weighted by molar-refractivity contribution is 9.10. The lowest BCUT2D eigenvalue weighted by Crippen LogP contribution is -2.02. The van der Waals surface area contributed by atoms with Gasteiger partial charge >= 0.3 is 5.97 Å². The summed E-state index contributed by atoms with van der Waals surface area (Å²) in [7, 11) is 0. The number of rotatable bonds is 2. The molecule has 17 heavy (non-hydrogen) atoms. The molecule has 1 aromatic carbocycles. The van der Waals surface area contributed by atoms with Crippen molar-refractivity contribution < 1.29 is 18.7 Å². The van der Waals surface area contributed by atoms with E-state index < -0.39 is 29.0 Å². The molecule has 0 aliphatic carbocycles. The second kappa shape index (κ2) is 4.21. The van der Waals surface area contributed by atoms with Gasteiger partial charge in [-0.1, -0.05) is 21.1 Å². The first-order valence-corrected chi connectivity index (χ1v) is 5.09. The Kier molecular flexibility index (Phi) is 2.88. The van der Waals surface area contributed by atoms with Crippen LogP contribution >= 0.6 is 15.9 Å². The molecule has 88 valence electrons. The zero-order valence-electron chi connectivity index (χ0n) is 8.06. The van der Waals surface area contributed by atoms with E-state index in [1.807, 2.05) is 0 Å². The molecule has 5 nitrogen and oxygen atoms in total. The quantitative estimate of drug-likeness (QED) is 0.921. The largest absolute Gasteiger partial charge is 0.476 e. The number of benzene rings is 1. The number of carboxylic acids is 1. The van der Waals surface area contributed by atoms with Crippen LogP contribution < -0.4 is 0 Å². The Labute approximate surface area is 102 Å². The summed E-state index contributed by atoms with van der Waals surface area (Å²) in [6.45, 7) is 0. The van der Waals surface area contributed by atoms with E-state index in [0.29, 0.717) is 0 Å². The fraction of sp³-hybridized carbons (Fsp3) is 0. The first kappa shape index (κ1) is 11.6. The minimum atomic E-state index is -1.32. The van der Waals surface area contributed by atoms with Crippen molar-refractivity contribution in [1.82, 2.24) is 15.0 Å². The molecule has 0 spiro atoms. The van der Waals surface area contributed by atoms with Crippen LogP contribution in [0.15, 0.2) is 22.8 Å². The lowest BCUT2D eigenvalue weighted by molar-refractivity contribution is 0.0690. The molecule has 1 heterocycles. The van der Waals surface area contributed by atoms with Crippen LogP contribution in [-0.2, 0) is 0 Å². The van der Waals surface area contributed by atoms with Crippen molar-refractivity contribution in [2.24, 2.45) is 0 Å². The lowest BCUT2D eigenvalue weighted by Gasteiger charge is -2.04. The normalized spacial score (nSPS) is 10.5. The molecule has 8 heteroatoms. The third-order valence-corrected chi connectivity index (χ3v) is 2.38. The summed E-state index contributed by atoms with van der Waals surface area (Å²) in [5, 5.41) is 15.2. The second-order valence-corrected chi connectivity index (χ2v) is 3.99. The van der Waals surface area contributed by atoms with Crippen molar-refractivity contribution in [3.05, 3.63) is 40.1 Å². The predicted molar refractivity (Wildman–Crippen MR) is 55.9 cm³/mol. The predicted octanol–water partition coefficient (Wildman–Crippen LogP) is 2.01. The van der Waals surface area contributed by atoms with Crippen molar-refractivity contribution in [2.75, 3.05) is 0 Å². The zero-order chi connectivity index (χ0) is 12.6. The van der Waals surface area contributed by atoms with E-state index in [4.69, 9.17) is 5.11 Å². The van der Waals surface area contributed by atoms with Crippen molar-refractivity contribution in [1.29, 1.82) is 0 Å². The second-order valence-electron chi connectivity index (χ2n) is 3.07. The molecule has 0 saturated carbocycles. The molecule has 0 radical (unpaired) electrons. The first-order chi connectivity index (χ1) is 7.99. The summed E-state index contributed by atoms with van der Waals surface area (Å²) >= 11 is 2.93. The SMILES string of the molecule is O=C(O)c1cn(-c2c(F)cc(Br)cc2F)nn1. The van der Waals surface area contributed by atoms with E-state index in [9.17, 15) is 13.6 Å². The van der Waals surface area contributed by atoms with Crippen molar-refractivity contribution in [3.8, 4) is 5.69 Å². The van der Waals surface area contributed by atoms with Gasteiger partial charge in [0.1, 0.15) is 5.69 Å². The molecule has 1 N–H and O–H groups in total. The number of hydrogen-bond donors (Lipinski definition) is 1. The van der Waals surface area contributed by atoms with E-state index in [-0.39, 0.29) is 4.47 Å². The topological polar surface area (TPSA) is 68.0 Å². The molecule has 0 fully saturated rings. The van der Waals surface area contributed by atoms with Crippen molar-refractivity contribution in [2.45, 2.75) is 0 Å². The summed E-state index contributed by atoms with van der Waals surface area (Å²) in [6.07, 6.45) is 0.928. The van der Waals surface area contributed by atoms with Crippen LogP contribution in [0.4, 0.5) is 8.78 Å². The number of nitrogens with zero attached hydrogens (tertiary/aromatic N) is 3. The van der Waals surface area contributed by atoms with E-state index in [1.165, 1.54) is 0 Å². The van der Waals surface area contributed by atoms with Gasteiger partial charge in [0.05, 0.1) is 6.20 Å². The van der Waals surface area contributed by atoms with Crippen molar-refractivity contribution in [3.63, 3.8) is 0 Å². The zero-order valence-corrected chi connectivity index (χ0v) is 9.65. The van der Waals surface area contributed by atoms with Gasteiger partial charge in [0.2, 0.25) is 0 Å². The van der Waals surface area contributed by atoms with Gasteiger partial charge in [0.25, 0.3) is 0 Å². The Bertz CT molecular complexity index is 577. The number of carbonyl (C=O) groups is 1. The van der Waals surface area contributed by atoms with Crippen LogP contribution in [0.5, 0.6) is 0 Å². The van der Waals surface area contributed by atoms with E-state index in [1.54, 1.807) is 0 Å². The van der Waals surface area contributed by atoms with Gasteiger partial charge in [-0.25, -0.2) is 18.3 Å².